The van der Waals surface area contributed by atoms with Crippen molar-refractivity contribution in [2.24, 2.45) is 0 Å². The summed E-state index contributed by atoms with van der Waals surface area (Å²) in [4.78, 5) is 12.9. The predicted molar refractivity (Wildman–Crippen MR) is 116 cm³/mol. The Hall–Kier alpha value is -1.76. The van der Waals surface area contributed by atoms with E-state index in [9.17, 15) is 13.2 Å². The predicted octanol–water partition coefficient (Wildman–Crippen LogP) is 4.64. The second kappa shape index (κ2) is 8.72. The molecule has 8 heteroatoms. The van der Waals surface area contributed by atoms with Crippen LogP contribution >= 0.6 is 23.2 Å². The third-order valence-corrected chi connectivity index (χ3v) is 6.28. The Labute approximate surface area is 176 Å². The van der Waals surface area contributed by atoms with E-state index in [1.807, 2.05) is 39.0 Å². The maximum atomic E-state index is 12.9. The summed E-state index contributed by atoms with van der Waals surface area (Å²) < 4.78 is 25.9. The number of anilines is 1. The molecule has 0 aromatic heterocycles. The van der Waals surface area contributed by atoms with Crippen LogP contribution in [0.4, 0.5) is 5.69 Å². The quantitative estimate of drug-likeness (QED) is 0.707. The number of carbonyl (C=O) groups excluding carboxylic acids is 1. The van der Waals surface area contributed by atoms with Crippen LogP contribution in [0.15, 0.2) is 36.4 Å². The Morgan fingerprint density at radius 3 is 2.32 bits per heavy atom. The number of sulfonamides is 1. The number of halogens is 2. The molecule has 1 amide bonds. The van der Waals surface area contributed by atoms with Crippen LogP contribution in [-0.4, -0.2) is 26.6 Å². The molecular weight excluding hydrogens is 419 g/mol. The molecule has 2 rings (SSSR count). The Balaban J connectivity index is 2.34. The van der Waals surface area contributed by atoms with Gasteiger partial charge in [0.25, 0.3) is 0 Å². The van der Waals surface area contributed by atoms with Gasteiger partial charge in [-0.15, -0.1) is 0 Å². The van der Waals surface area contributed by atoms with Crippen molar-refractivity contribution in [3.05, 3.63) is 63.1 Å². The molecule has 5 nitrogen and oxygen atoms in total. The van der Waals surface area contributed by atoms with Crippen LogP contribution in [0.5, 0.6) is 0 Å². The summed E-state index contributed by atoms with van der Waals surface area (Å²) in [6.07, 6.45) is 1.03. The van der Waals surface area contributed by atoms with E-state index < -0.39 is 22.0 Å². The zero-order valence-corrected chi connectivity index (χ0v) is 18.8. The van der Waals surface area contributed by atoms with E-state index in [0.29, 0.717) is 5.02 Å². The summed E-state index contributed by atoms with van der Waals surface area (Å²) in [7, 11) is -3.79. The number of nitrogens with zero attached hydrogens (tertiary/aromatic N) is 1. The summed E-state index contributed by atoms with van der Waals surface area (Å²) in [6, 6.07) is 9.19. The van der Waals surface area contributed by atoms with E-state index in [2.05, 4.69) is 5.32 Å². The van der Waals surface area contributed by atoms with E-state index >= 15 is 0 Å². The molecule has 0 bridgehead atoms. The molecule has 0 spiro atoms. The summed E-state index contributed by atoms with van der Waals surface area (Å²) in [5, 5.41) is 3.41. The highest BCUT2D eigenvalue weighted by Crippen LogP contribution is 2.32. The second-order valence-corrected chi connectivity index (χ2v) is 9.62. The lowest BCUT2D eigenvalue weighted by Crippen LogP contribution is -2.48. The van der Waals surface area contributed by atoms with Crippen LogP contribution in [0.25, 0.3) is 0 Å². The number of nitrogens with one attached hydrogen (secondary N) is 1. The molecule has 2 aromatic rings. The summed E-state index contributed by atoms with van der Waals surface area (Å²) in [6.45, 7) is 7.33. The number of rotatable bonds is 6. The van der Waals surface area contributed by atoms with Gasteiger partial charge in [-0.25, -0.2) is 8.42 Å². The van der Waals surface area contributed by atoms with E-state index in [1.54, 1.807) is 6.07 Å². The van der Waals surface area contributed by atoms with Gasteiger partial charge in [0.1, 0.15) is 6.04 Å². The first-order valence-corrected chi connectivity index (χ1v) is 11.3. The molecule has 1 N–H and O–H groups in total. The van der Waals surface area contributed by atoms with Crippen LogP contribution in [0.1, 0.15) is 36.6 Å². The molecule has 0 unspecified atom stereocenters. The van der Waals surface area contributed by atoms with Crippen LogP contribution in [0.2, 0.25) is 10.0 Å². The van der Waals surface area contributed by atoms with E-state index in [1.165, 1.54) is 19.1 Å². The van der Waals surface area contributed by atoms with E-state index in [4.69, 9.17) is 23.2 Å². The highest BCUT2D eigenvalue weighted by molar-refractivity contribution is 7.92. The van der Waals surface area contributed by atoms with Gasteiger partial charge in [0.15, 0.2) is 0 Å². The molecule has 0 radical (unpaired) electrons. The van der Waals surface area contributed by atoms with Gasteiger partial charge in [-0.1, -0.05) is 47.0 Å². The SMILES string of the molecule is Cc1ccc(C)c([C@@H](C)NC(=O)[C@@H](C)N(c2cc(Cl)ccc2Cl)S(C)(=O)=O)c1. The first-order valence-electron chi connectivity index (χ1n) is 8.73. The van der Waals surface area contributed by atoms with Gasteiger partial charge in [0.05, 0.1) is 23.0 Å². The van der Waals surface area contributed by atoms with Crippen molar-refractivity contribution in [3.8, 4) is 0 Å². The highest BCUT2D eigenvalue weighted by Gasteiger charge is 2.31. The van der Waals surface area contributed by atoms with Crippen molar-refractivity contribution in [1.82, 2.24) is 5.32 Å². The Morgan fingerprint density at radius 1 is 1.07 bits per heavy atom. The van der Waals surface area contributed by atoms with Crippen molar-refractivity contribution >= 4 is 44.8 Å². The number of aryl methyl sites for hydroxylation is 2. The highest BCUT2D eigenvalue weighted by atomic mass is 35.5. The van der Waals surface area contributed by atoms with Gasteiger partial charge < -0.3 is 5.32 Å². The molecule has 0 aliphatic heterocycles. The molecular formula is C20H24Cl2N2O3S. The molecule has 0 heterocycles. The molecule has 0 fully saturated rings. The second-order valence-electron chi connectivity index (χ2n) is 6.92. The number of benzene rings is 2. The van der Waals surface area contributed by atoms with Gasteiger partial charge >= 0.3 is 0 Å². The van der Waals surface area contributed by atoms with E-state index in [0.717, 1.165) is 27.3 Å². The van der Waals surface area contributed by atoms with Crippen molar-refractivity contribution in [3.63, 3.8) is 0 Å². The fourth-order valence-electron chi connectivity index (χ4n) is 3.07. The van der Waals surface area contributed by atoms with Gasteiger partial charge in [-0.2, -0.15) is 0 Å². The summed E-state index contributed by atoms with van der Waals surface area (Å²) >= 11 is 12.2. The molecule has 0 aliphatic rings. The topological polar surface area (TPSA) is 66.5 Å². The zero-order valence-electron chi connectivity index (χ0n) is 16.5. The van der Waals surface area contributed by atoms with Crippen molar-refractivity contribution in [1.29, 1.82) is 0 Å². The fraction of sp³-hybridized carbons (Fsp3) is 0.350. The first-order chi connectivity index (χ1) is 12.9. The van der Waals surface area contributed by atoms with Crippen LogP contribution in [0.3, 0.4) is 0 Å². The Morgan fingerprint density at radius 2 is 1.71 bits per heavy atom. The molecule has 28 heavy (non-hydrogen) atoms. The van der Waals surface area contributed by atoms with Crippen LogP contribution in [-0.2, 0) is 14.8 Å². The minimum Gasteiger partial charge on any atom is -0.348 e. The number of hydrogen-bond donors (Lipinski definition) is 1. The van der Waals surface area contributed by atoms with E-state index in [-0.39, 0.29) is 16.8 Å². The third kappa shape index (κ3) is 5.19. The van der Waals surface area contributed by atoms with Gasteiger partial charge in [0.2, 0.25) is 15.9 Å². The first kappa shape index (κ1) is 22.5. The van der Waals surface area contributed by atoms with Crippen molar-refractivity contribution in [2.75, 3.05) is 10.6 Å². The largest absolute Gasteiger partial charge is 0.348 e. The maximum Gasteiger partial charge on any atom is 0.244 e. The van der Waals surface area contributed by atoms with Gasteiger partial charge in [0, 0.05) is 5.02 Å². The standard InChI is InChI=1S/C20H24Cl2N2O3S/c1-12-6-7-13(2)17(10-12)14(3)23-20(25)15(4)24(28(5,26)27)19-11-16(21)8-9-18(19)22/h6-11,14-15H,1-5H3,(H,23,25)/t14-,15-/m1/s1. The third-order valence-electron chi connectivity index (χ3n) is 4.49. The molecule has 0 aliphatic carbocycles. The Kier molecular flexibility index (Phi) is 7.02. The van der Waals surface area contributed by atoms with Gasteiger partial charge in [-0.3, -0.25) is 9.10 Å². The maximum absolute atomic E-state index is 12.9. The summed E-state index contributed by atoms with van der Waals surface area (Å²) in [5.74, 6) is -0.435. The molecule has 0 saturated heterocycles. The molecule has 2 aromatic carbocycles. The average molecular weight is 443 g/mol. The number of carbonyl (C=O) groups is 1. The van der Waals surface area contributed by atoms with Crippen LogP contribution in [0, 0.1) is 13.8 Å². The monoisotopic (exact) mass is 442 g/mol. The minimum atomic E-state index is -3.79. The zero-order chi connectivity index (χ0) is 21.2. The lowest BCUT2D eigenvalue weighted by Gasteiger charge is -2.30. The molecule has 2 atom stereocenters. The summed E-state index contributed by atoms with van der Waals surface area (Å²) in [5.41, 5.74) is 3.27. The van der Waals surface area contributed by atoms with Crippen molar-refractivity contribution < 1.29 is 13.2 Å². The lowest BCUT2D eigenvalue weighted by molar-refractivity contribution is -0.122. The smallest absolute Gasteiger partial charge is 0.244 e. The Bertz CT molecular complexity index is 993. The van der Waals surface area contributed by atoms with Crippen LogP contribution < -0.4 is 9.62 Å². The normalized spacial score (nSPS) is 13.7. The number of amides is 1. The average Bonchev–Trinajstić information content (AvgIpc) is 2.58. The molecule has 152 valence electrons. The van der Waals surface area contributed by atoms with Gasteiger partial charge in [-0.05, 0) is 57.0 Å². The lowest BCUT2D eigenvalue weighted by atomic mass is 10.00. The minimum absolute atomic E-state index is 0.165. The van der Waals surface area contributed by atoms with Crippen molar-refractivity contribution in [2.45, 2.75) is 39.8 Å². The number of hydrogen-bond acceptors (Lipinski definition) is 3. The molecule has 0 saturated carbocycles. The fourth-order valence-corrected chi connectivity index (χ4v) is 4.68.